The zero-order valence-electron chi connectivity index (χ0n) is 18.4. The fraction of sp³-hybridized carbons (Fsp3) is 0.565. The van der Waals surface area contributed by atoms with Crippen LogP contribution in [0, 0.1) is 6.92 Å². The molecule has 1 saturated heterocycles. The summed E-state index contributed by atoms with van der Waals surface area (Å²) < 4.78 is 0. The van der Waals surface area contributed by atoms with Crippen LogP contribution >= 0.6 is 11.3 Å². The minimum absolute atomic E-state index is 0.640. The normalized spacial score (nSPS) is 16.0. The van der Waals surface area contributed by atoms with Crippen molar-refractivity contribution in [2.75, 3.05) is 45.8 Å². The summed E-state index contributed by atoms with van der Waals surface area (Å²) in [6.07, 6.45) is 4.29. The van der Waals surface area contributed by atoms with Gasteiger partial charge in [0.25, 0.3) is 0 Å². The molecule has 2 N–H and O–H groups in total. The Kier molecular flexibility index (Phi) is 9.60. The molecule has 0 amide bonds. The number of nitrogens with zero attached hydrogens (tertiary/aromatic N) is 4. The third-order valence-corrected chi connectivity index (χ3v) is 6.19. The lowest BCUT2D eigenvalue weighted by Crippen LogP contribution is -2.46. The standard InChI is InChI=1S/C23H36N6S/c1-3-24-23(27-18-22-26-17-20(2)30-22)25-11-7-8-12-28-13-15-29(16-14-28)19-21-9-5-4-6-10-21/h4-6,9-10,17H,3,7-8,11-16,18-19H2,1-2H3,(H2,24,25,27). The maximum atomic E-state index is 4.65. The Balaban J connectivity index is 1.28. The lowest BCUT2D eigenvalue weighted by atomic mass is 10.2. The maximum Gasteiger partial charge on any atom is 0.191 e. The fourth-order valence-electron chi connectivity index (χ4n) is 3.64. The molecule has 0 unspecified atom stereocenters. The van der Waals surface area contributed by atoms with E-state index in [1.807, 2.05) is 6.20 Å². The second-order valence-electron chi connectivity index (χ2n) is 7.80. The third-order valence-electron chi connectivity index (χ3n) is 5.29. The Hall–Kier alpha value is -1.96. The Morgan fingerprint density at radius 2 is 1.83 bits per heavy atom. The molecule has 3 rings (SSSR count). The van der Waals surface area contributed by atoms with Gasteiger partial charge in [-0.3, -0.25) is 4.90 Å². The van der Waals surface area contributed by atoms with Crippen LogP contribution in [0.15, 0.2) is 41.5 Å². The number of aromatic nitrogens is 1. The van der Waals surface area contributed by atoms with E-state index < -0.39 is 0 Å². The number of unbranched alkanes of at least 4 members (excludes halogenated alkanes) is 1. The van der Waals surface area contributed by atoms with Crippen LogP contribution in [0.5, 0.6) is 0 Å². The molecule has 1 fully saturated rings. The van der Waals surface area contributed by atoms with Crippen LogP contribution in [0.2, 0.25) is 0 Å². The number of piperazine rings is 1. The van der Waals surface area contributed by atoms with Crippen molar-refractivity contribution in [3.05, 3.63) is 52.0 Å². The molecule has 1 aromatic carbocycles. The van der Waals surface area contributed by atoms with Gasteiger partial charge in [-0.25, -0.2) is 9.98 Å². The monoisotopic (exact) mass is 428 g/mol. The quantitative estimate of drug-likeness (QED) is 0.346. The van der Waals surface area contributed by atoms with Crippen LogP contribution in [0.1, 0.15) is 35.2 Å². The first-order valence-electron chi connectivity index (χ1n) is 11.1. The Labute approximate surface area is 185 Å². The number of aliphatic imine (C=N–C) groups is 1. The van der Waals surface area contributed by atoms with Gasteiger partial charge in [-0.05, 0) is 38.8 Å². The number of hydrogen-bond donors (Lipinski definition) is 2. The highest BCUT2D eigenvalue weighted by Gasteiger charge is 2.16. The van der Waals surface area contributed by atoms with E-state index in [0.717, 1.165) is 37.0 Å². The summed E-state index contributed by atoms with van der Waals surface area (Å²) in [5, 5.41) is 7.85. The number of rotatable bonds is 10. The first-order chi connectivity index (χ1) is 14.7. The molecule has 0 bridgehead atoms. The fourth-order valence-corrected chi connectivity index (χ4v) is 4.35. The van der Waals surface area contributed by atoms with E-state index in [-0.39, 0.29) is 0 Å². The summed E-state index contributed by atoms with van der Waals surface area (Å²) in [5.41, 5.74) is 1.42. The number of aryl methyl sites for hydroxylation is 1. The molecule has 0 spiro atoms. The van der Waals surface area contributed by atoms with Gasteiger partial charge in [0.05, 0.1) is 6.54 Å². The number of hydrogen-bond acceptors (Lipinski definition) is 5. The van der Waals surface area contributed by atoms with E-state index in [2.05, 4.69) is 74.6 Å². The SMILES string of the molecule is CCNC(=NCc1ncc(C)s1)NCCCCN1CCN(Cc2ccccc2)CC1. The molecule has 0 radical (unpaired) electrons. The van der Waals surface area contributed by atoms with E-state index in [0.29, 0.717) is 6.54 Å². The molecule has 0 aliphatic carbocycles. The molecule has 1 aromatic heterocycles. The maximum absolute atomic E-state index is 4.65. The molecular formula is C23H36N6S. The summed E-state index contributed by atoms with van der Waals surface area (Å²) in [6, 6.07) is 10.8. The van der Waals surface area contributed by atoms with Crippen molar-refractivity contribution >= 4 is 17.3 Å². The van der Waals surface area contributed by atoms with E-state index >= 15 is 0 Å². The summed E-state index contributed by atoms with van der Waals surface area (Å²) in [6.45, 7) is 13.6. The Bertz CT molecular complexity index is 752. The van der Waals surface area contributed by atoms with Crippen molar-refractivity contribution in [2.24, 2.45) is 4.99 Å². The predicted molar refractivity (Wildman–Crippen MR) is 127 cm³/mol. The van der Waals surface area contributed by atoms with Crippen molar-refractivity contribution in [1.29, 1.82) is 0 Å². The number of thiazole rings is 1. The van der Waals surface area contributed by atoms with Crippen LogP contribution in [0.3, 0.4) is 0 Å². The van der Waals surface area contributed by atoms with Gasteiger partial charge >= 0.3 is 0 Å². The van der Waals surface area contributed by atoms with Crippen molar-refractivity contribution in [1.82, 2.24) is 25.4 Å². The van der Waals surface area contributed by atoms with Crippen molar-refractivity contribution in [3.63, 3.8) is 0 Å². The zero-order chi connectivity index (χ0) is 21.0. The number of guanidine groups is 1. The molecule has 0 atom stereocenters. The second-order valence-corrected chi connectivity index (χ2v) is 9.12. The van der Waals surface area contributed by atoms with Gasteiger partial charge < -0.3 is 15.5 Å². The third kappa shape index (κ3) is 8.05. The Morgan fingerprint density at radius 3 is 2.53 bits per heavy atom. The minimum atomic E-state index is 0.640. The molecule has 164 valence electrons. The van der Waals surface area contributed by atoms with E-state index in [1.54, 1.807) is 11.3 Å². The van der Waals surface area contributed by atoms with Gasteiger partial charge in [0.2, 0.25) is 0 Å². The van der Waals surface area contributed by atoms with E-state index in [4.69, 9.17) is 0 Å². The highest BCUT2D eigenvalue weighted by molar-refractivity contribution is 7.11. The van der Waals surface area contributed by atoms with Gasteiger partial charge in [0.15, 0.2) is 5.96 Å². The lowest BCUT2D eigenvalue weighted by molar-refractivity contribution is 0.126. The van der Waals surface area contributed by atoms with Crippen LogP contribution < -0.4 is 10.6 Å². The number of nitrogens with one attached hydrogen (secondary N) is 2. The average Bonchev–Trinajstić information content (AvgIpc) is 3.19. The molecule has 7 heteroatoms. The van der Waals surface area contributed by atoms with Crippen molar-refractivity contribution in [3.8, 4) is 0 Å². The van der Waals surface area contributed by atoms with Gasteiger partial charge in [0, 0.05) is 56.9 Å². The molecule has 6 nitrogen and oxygen atoms in total. The summed E-state index contributed by atoms with van der Waals surface area (Å²) in [7, 11) is 0. The largest absolute Gasteiger partial charge is 0.357 e. The molecule has 2 aromatic rings. The first kappa shape index (κ1) is 22.7. The molecule has 1 aliphatic rings. The predicted octanol–water partition coefficient (Wildman–Crippen LogP) is 3.10. The summed E-state index contributed by atoms with van der Waals surface area (Å²) >= 11 is 1.71. The van der Waals surface area contributed by atoms with Crippen LogP contribution in [0.4, 0.5) is 0 Å². The van der Waals surface area contributed by atoms with E-state index in [1.165, 1.54) is 49.6 Å². The molecule has 2 heterocycles. The van der Waals surface area contributed by atoms with Crippen LogP contribution in [0.25, 0.3) is 0 Å². The van der Waals surface area contributed by atoms with Gasteiger partial charge in [-0.2, -0.15) is 0 Å². The molecule has 30 heavy (non-hydrogen) atoms. The highest BCUT2D eigenvalue weighted by Crippen LogP contribution is 2.12. The molecule has 1 aliphatic heterocycles. The average molecular weight is 429 g/mol. The topological polar surface area (TPSA) is 55.8 Å². The number of benzene rings is 1. The van der Waals surface area contributed by atoms with Gasteiger partial charge in [-0.15, -0.1) is 11.3 Å². The molecular weight excluding hydrogens is 392 g/mol. The minimum Gasteiger partial charge on any atom is -0.357 e. The van der Waals surface area contributed by atoms with Crippen LogP contribution in [-0.4, -0.2) is 66.6 Å². The van der Waals surface area contributed by atoms with Crippen LogP contribution in [-0.2, 0) is 13.1 Å². The van der Waals surface area contributed by atoms with Gasteiger partial charge in [-0.1, -0.05) is 30.3 Å². The first-order valence-corrected chi connectivity index (χ1v) is 12.0. The second kappa shape index (κ2) is 12.7. The zero-order valence-corrected chi connectivity index (χ0v) is 19.3. The smallest absolute Gasteiger partial charge is 0.191 e. The summed E-state index contributed by atoms with van der Waals surface area (Å²) in [5.74, 6) is 0.889. The Morgan fingerprint density at radius 1 is 1.07 bits per heavy atom. The molecule has 0 saturated carbocycles. The highest BCUT2D eigenvalue weighted by atomic mass is 32.1. The van der Waals surface area contributed by atoms with Crippen molar-refractivity contribution in [2.45, 2.75) is 39.8 Å². The lowest BCUT2D eigenvalue weighted by Gasteiger charge is -2.34. The van der Waals surface area contributed by atoms with Gasteiger partial charge in [0.1, 0.15) is 5.01 Å². The van der Waals surface area contributed by atoms with Crippen molar-refractivity contribution < 1.29 is 0 Å². The summed E-state index contributed by atoms with van der Waals surface area (Å²) in [4.78, 5) is 15.4. The van der Waals surface area contributed by atoms with E-state index in [9.17, 15) is 0 Å².